The number of amides is 1. The Morgan fingerprint density at radius 1 is 1.43 bits per heavy atom. The highest BCUT2D eigenvalue weighted by molar-refractivity contribution is 5.74. The first kappa shape index (κ1) is 10.6. The molecule has 0 saturated heterocycles. The predicted molar refractivity (Wildman–Crippen MR) is 47.1 cm³/mol. The van der Waals surface area contributed by atoms with Gasteiger partial charge in [-0.05, 0) is 6.07 Å². The Kier molecular flexibility index (Phi) is 3.14. The third-order valence-electron chi connectivity index (χ3n) is 1.80. The topological polar surface area (TPSA) is 69.1 Å². The van der Waals surface area contributed by atoms with Gasteiger partial charge in [0.2, 0.25) is 5.91 Å². The number of benzene rings is 1. The van der Waals surface area contributed by atoms with Crippen LogP contribution < -0.4 is 11.5 Å². The summed E-state index contributed by atoms with van der Waals surface area (Å²) in [6.07, 6.45) is -0.208. The van der Waals surface area contributed by atoms with Crippen LogP contribution in [0.25, 0.3) is 0 Å². The summed E-state index contributed by atoms with van der Waals surface area (Å²) in [5.41, 5.74) is 10.3. The molecule has 14 heavy (non-hydrogen) atoms. The fraction of sp³-hybridized carbons (Fsp3) is 0.222. The van der Waals surface area contributed by atoms with Crippen LogP contribution in [0.4, 0.5) is 8.78 Å². The van der Waals surface area contributed by atoms with Crippen LogP contribution in [0.1, 0.15) is 18.0 Å². The molecule has 1 aromatic rings. The minimum Gasteiger partial charge on any atom is -0.370 e. The van der Waals surface area contributed by atoms with E-state index in [1.807, 2.05) is 0 Å². The Bertz CT molecular complexity index is 355. The van der Waals surface area contributed by atoms with E-state index in [0.29, 0.717) is 0 Å². The first-order valence-electron chi connectivity index (χ1n) is 4.00. The summed E-state index contributed by atoms with van der Waals surface area (Å²) in [4.78, 5) is 10.5. The van der Waals surface area contributed by atoms with Crippen LogP contribution in [0.3, 0.4) is 0 Å². The van der Waals surface area contributed by atoms with Crippen molar-refractivity contribution in [3.8, 4) is 0 Å². The van der Waals surface area contributed by atoms with Crippen LogP contribution in [0.2, 0.25) is 0 Å². The Morgan fingerprint density at radius 3 is 2.64 bits per heavy atom. The molecule has 0 aromatic heterocycles. The van der Waals surface area contributed by atoms with Gasteiger partial charge in [-0.15, -0.1) is 0 Å². The highest BCUT2D eigenvalue weighted by atomic mass is 19.2. The fourth-order valence-corrected chi connectivity index (χ4v) is 1.13. The molecule has 0 fully saturated rings. The Hall–Kier alpha value is -1.49. The lowest BCUT2D eigenvalue weighted by molar-refractivity contribution is -0.118. The van der Waals surface area contributed by atoms with E-state index in [1.165, 1.54) is 12.1 Å². The molecule has 1 aromatic carbocycles. The first-order valence-corrected chi connectivity index (χ1v) is 4.00. The second-order valence-electron chi connectivity index (χ2n) is 2.92. The molecule has 0 saturated carbocycles. The van der Waals surface area contributed by atoms with Crippen LogP contribution in [-0.4, -0.2) is 5.91 Å². The molecule has 1 amide bonds. The van der Waals surface area contributed by atoms with Gasteiger partial charge in [0.15, 0.2) is 11.6 Å². The van der Waals surface area contributed by atoms with Crippen LogP contribution in [0.5, 0.6) is 0 Å². The van der Waals surface area contributed by atoms with Gasteiger partial charge in [0.25, 0.3) is 0 Å². The van der Waals surface area contributed by atoms with Crippen LogP contribution >= 0.6 is 0 Å². The van der Waals surface area contributed by atoms with E-state index >= 15 is 0 Å². The third kappa shape index (κ3) is 2.26. The molecular formula is C9H10F2N2O. The van der Waals surface area contributed by atoms with E-state index in [2.05, 4.69) is 0 Å². The molecule has 5 heteroatoms. The number of hydrogen-bond acceptors (Lipinski definition) is 2. The molecule has 76 valence electrons. The quantitative estimate of drug-likeness (QED) is 0.759. The monoisotopic (exact) mass is 200 g/mol. The van der Waals surface area contributed by atoms with Crippen molar-refractivity contribution in [3.05, 3.63) is 35.4 Å². The molecule has 1 atom stereocenters. The van der Waals surface area contributed by atoms with Gasteiger partial charge in [0.1, 0.15) is 0 Å². The van der Waals surface area contributed by atoms with E-state index in [4.69, 9.17) is 11.5 Å². The lowest BCUT2D eigenvalue weighted by atomic mass is 10.0. The number of carbonyl (C=O) groups is 1. The highest BCUT2D eigenvalue weighted by Crippen LogP contribution is 2.19. The van der Waals surface area contributed by atoms with Crippen LogP contribution in [0.15, 0.2) is 18.2 Å². The van der Waals surface area contributed by atoms with Crippen molar-refractivity contribution in [1.82, 2.24) is 0 Å². The SMILES string of the molecule is NC(=O)C[C@H](N)c1cccc(F)c1F. The largest absolute Gasteiger partial charge is 0.370 e. The van der Waals surface area contributed by atoms with E-state index in [0.717, 1.165) is 6.07 Å². The smallest absolute Gasteiger partial charge is 0.219 e. The standard InChI is InChI=1S/C9H10F2N2O/c10-6-3-1-2-5(9(6)11)7(12)4-8(13)14/h1-3,7H,4,12H2,(H2,13,14)/t7-/m0/s1. The molecule has 0 aliphatic heterocycles. The van der Waals surface area contributed by atoms with Crippen molar-refractivity contribution < 1.29 is 13.6 Å². The number of rotatable bonds is 3. The summed E-state index contributed by atoms with van der Waals surface area (Å²) in [5.74, 6) is -2.66. The number of primary amides is 1. The van der Waals surface area contributed by atoms with Gasteiger partial charge in [0.05, 0.1) is 0 Å². The average Bonchev–Trinajstić information content (AvgIpc) is 2.08. The van der Waals surface area contributed by atoms with Crippen molar-refractivity contribution in [2.45, 2.75) is 12.5 Å². The zero-order chi connectivity index (χ0) is 10.7. The van der Waals surface area contributed by atoms with Crippen molar-refractivity contribution in [3.63, 3.8) is 0 Å². The second kappa shape index (κ2) is 4.15. The van der Waals surface area contributed by atoms with Crippen LogP contribution in [0, 0.1) is 11.6 Å². The predicted octanol–water partition coefficient (Wildman–Crippen LogP) is 0.840. The van der Waals surface area contributed by atoms with Gasteiger partial charge in [-0.2, -0.15) is 0 Å². The summed E-state index contributed by atoms with van der Waals surface area (Å²) in [6.45, 7) is 0. The Balaban J connectivity index is 2.95. The maximum Gasteiger partial charge on any atom is 0.219 e. The van der Waals surface area contributed by atoms with Crippen molar-refractivity contribution >= 4 is 5.91 Å². The zero-order valence-electron chi connectivity index (χ0n) is 7.34. The molecule has 0 heterocycles. The fourth-order valence-electron chi connectivity index (χ4n) is 1.13. The molecule has 3 nitrogen and oxygen atoms in total. The third-order valence-corrected chi connectivity index (χ3v) is 1.80. The normalized spacial score (nSPS) is 12.5. The Labute approximate surface area is 79.7 Å². The number of nitrogens with two attached hydrogens (primary N) is 2. The molecule has 0 radical (unpaired) electrons. The molecule has 0 aliphatic carbocycles. The minimum atomic E-state index is -1.03. The molecular weight excluding hydrogens is 190 g/mol. The number of carbonyl (C=O) groups excluding carboxylic acids is 1. The molecule has 0 bridgehead atoms. The van der Waals surface area contributed by atoms with Gasteiger partial charge in [0, 0.05) is 18.0 Å². The summed E-state index contributed by atoms with van der Waals surface area (Å²) >= 11 is 0. The van der Waals surface area contributed by atoms with Gasteiger partial charge in [-0.3, -0.25) is 4.79 Å². The van der Waals surface area contributed by atoms with E-state index in [-0.39, 0.29) is 12.0 Å². The highest BCUT2D eigenvalue weighted by Gasteiger charge is 2.15. The van der Waals surface area contributed by atoms with Gasteiger partial charge in [-0.25, -0.2) is 8.78 Å². The van der Waals surface area contributed by atoms with Crippen molar-refractivity contribution in [1.29, 1.82) is 0 Å². The van der Waals surface area contributed by atoms with E-state index in [1.54, 1.807) is 0 Å². The number of halogens is 2. The van der Waals surface area contributed by atoms with Crippen LogP contribution in [-0.2, 0) is 4.79 Å². The molecule has 0 spiro atoms. The Morgan fingerprint density at radius 2 is 2.07 bits per heavy atom. The maximum absolute atomic E-state index is 13.1. The molecule has 1 rings (SSSR count). The zero-order valence-corrected chi connectivity index (χ0v) is 7.34. The summed E-state index contributed by atoms with van der Waals surface area (Å²) < 4.78 is 25.8. The van der Waals surface area contributed by atoms with E-state index < -0.39 is 23.6 Å². The first-order chi connectivity index (χ1) is 6.52. The van der Waals surface area contributed by atoms with Gasteiger partial charge >= 0.3 is 0 Å². The van der Waals surface area contributed by atoms with Crippen molar-refractivity contribution in [2.24, 2.45) is 11.5 Å². The van der Waals surface area contributed by atoms with Crippen molar-refractivity contribution in [2.75, 3.05) is 0 Å². The second-order valence-corrected chi connectivity index (χ2v) is 2.92. The van der Waals surface area contributed by atoms with Gasteiger partial charge < -0.3 is 11.5 Å². The number of hydrogen-bond donors (Lipinski definition) is 2. The summed E-state index contributed by atoms with van der Waals surface area (Å²) in [7, 11) is 0. The van der Waals surface area contributed by atoms with Gasteiger partial charge in [-0.1, -0.05) is 12.1 Å². The molecule has 0 aliphatic rings. The average molecular weight is 200 g/mol. The maximum atomic E-state index is 13.1. The lowest BCUT2D eigenvalue weighted by Gasteiger charge is -2.10. The minimum absolute atomic E-state index is 0.0381. The lowest BCUT2D eigenvalue weighted by Crippen LogP contribution is -2.21. The summed E-state index contributed by atoms with van der Waals surface area (Å²) in [5, 5.41) is 0. The molecule has 0 unspecified atom stereocenters. The van der Waals surface area contributed by atoms with E-state index in [9.17, 15) is 13.6 Å². The summed E-state index contributed by atoms with van der Waals surface area (Å²) in [6, 6.07) is 2.74. The molecule has 4 N–H and O–H groups in total.